The summed E-state index contributed by atoms with van der Waals surface area (Å²) in [6.07, 6.45) is -2.53. The summed E-state index contributed by atoms with van der Waals surface area (Å²) in [6.45, 7) is 4.60. The summed E-state index contributed by atoms with van der Waals surface area (Å²) in [7, 11) is 1.55. The predicted octanol–water partition coefficient (Wildman–Crippen LogP) is 5.28. The SMILES string of the molecule is COc1cc2nc(C)nc(N[C@H](C)c3cc(N)cc(C(F)(F)F)c3)c2cc1OC[C@H]1CCCO1. The third-order valence-electron chi connectivity index (χ3n) is 5.70. The number of aryl methyl sites for hydroxylation is 1. The van der Waals surface area contributed by atoms with E-state index in [1.165, 1.54) is 6.07 Å². The van der Waals surface area contributed by atoms with Gasteiger partial charge in [0.05, 0.1) is 30.3 Å². The van der Waals surface area contributed by atoms with E-state index in [0.717, 1.165) is 31.6 Å². The molecule has 0 saturated carbocycles. The molecule has 1 aliphatic heterocycles. The Morgan fingerprint density at radius 3 is 2.65 bits per heavy atom. The summed E-state index contributed by atoms with van der Waals surface area (Å²) < 4.78 is 56.9. The molecule has 10 heteroatoms. The van der Waals surface area contributed by atoms with Crippen molar-refractivity contribution in [2.24, 2.45) is 0 Å². The molecule has 1 aromatic heterocycles. The van der Waals surface area contributed by atoms with Crippen LogP contribution in [0.1, 0.15) is 42.8 Å². The Kier molecular flexibility index (Phi) is 6.70. The number of fused-ring (bicyclic) bond motifs is 1. The molecule has 7 nitrogen and oxygen atoms in total. The smallest absolute Gasteiger partial charge is 0.416 e. The minimum atomic E-state index is -4.49. The van der Waals surface area contributed by atoms with Gasteiger partial charge in [-0.05, 0) is 56.5 Å². The van der Waals surface area contributed by atoms with Crippen LogP contribution in [-0.2, 0) is 10.9 Å². The number of aromatic nitrogens is 2. The monoisotopic (exact) mass is 476 g/mol. The second-order valence-electron chi connectivity index (χ2n) is 8.34. The fraction of sp³-hybridized carbons (Fsp3) is 0.417. The Morgan fingerprint density at radius 2 is 1.97 bits per heavy atom. The number of hydrogen-bond acceptors (Lipinski definition) is 7. The van der Waals surface area contributed by atoms with Crippen LogP contribution in [0.3, 0.4) is 0 Å². The van der Waals surface area contributed by atoms with E-state index in [-0.39, 0.29) is 11.8 Å². The quantitative estimate of drug-likeness (QED) is 0.449. The zero-order valence-corrected chi connectivity index (χ0v) is 19.2. The van der Waals surface area contributed by atoms with Gasteiger partial charge in [0.2, 0.25) is 0 Å². The average molecular weight is 476 g/mol. The van der Waals surface area contributed by atoms with E-state index in [1.807, 2.05) is 0 Å². The van der Waals surface area contributed by atoms with Gasteiger partial charge in [0, 0.05) is 23.7 Å². The molecule has 0 unspecified atom stereocenters. The van der Waals surface area contributed by atoms with E-state index >= 15 is 0 Å². The zero-order chi connectivity index (χ0) is 24.5. The van der Waals surface area contributed by atoms with Crippen LogP contribution in [0.5, 0.6) is 11.5 Å². The van der Waals surface area contributed by atoms with Crippen LogP contribution < -0.4 is 20.5 Å². The molecule has 0 bridgehead atoms. The average Bonchev–Trinajstić information content (AvgIpc) is 3.29. The van der Waals surface area contributed by atoms with Crippen molar-refractivity contribution in [3.63, 3.8) is 0 Å². The molecule has 0 aliphatic carbocycles. The third-order valence-corrected chi connectivity index (χ3v) is 5.70. The van der Waals surface area contributed by atoms with Crippen molar-refractivity contribution in [3.05, 3.63) is 47.3 Å². The van der Waals surface area contributed by atoms with E-state index in [4.69, 9.17) is 19.9 Å². The molecular weight excluding hydrogens is 449 g/mol. The van der Waals surface area contributed by atoms with E-state index in [1.54, 1.807) is 33.1 Å². The molecule has 1 saturated heterocycles. The van der Waals surface area contributed by atoms with Gasteiger partial charge in [-0.25, -0.2) is 9.97 Å². The van der Waals surface area contributed by atoms with Gasteiger partial charge in [0.15, 0.2) is 11.5 Å². The molecule has 0 amide bonds. The maximum Gasteiger partial charge on any atom is 0.416 e. The predicted molar refractivity (Wildman–Crippen MR) is 123 cm³/mol. The standard InChI is InChI=1S/C24H27F3N4O3/c1-13(15-7-16(24(25,26)27)9-17(28)8-15)29-23-19-10-22(34-12-18-5-4-6-33-18)21(32-3)11-20(19)30-14(2)31-23/h7-11,13,18H,4-6,12,28H2,1-3H3,(H,29,30,31)/t13-,18-/m1/s1. The summed E-state index contributed by atoms with van der Waals surface area (Å²) in [6, 6.07) is 6.54. The highest BCUT2D eigenvalue weighted by atomic mass is 19.4. The first-order valence-corrected chi connectivity index (χ1v) is 11.0. The number of rotatable bonds is 7. The number of nitrogens with one attached hydrogen (secondary N) is 1. The molecule has 182 valence electrons. The summed E-state index contributed by atoms with van der Waals surface area (Å²) in [5.74, 6) is 2.00. The van der Waals surface area contributed by atoms with Crippen molar-refractivity contribution < 1.29 is 27.4 Å². The molecular formula is C24H27F3N4O3. The van der Waals surface area contributed by atoms with Crippen LogP contribution in [0.25, 0.3) is 10.9 Å². The number of hydrogen-bond donors (Lipinski definition) is 2. The van der Waals surface area contributed by atoms with Crippen molar-refractivity contribution in [1.82, 2.24) is 9.97 Å². The highest BCUT2D eigenvalue weighted by Gasteiger charge is 2.31. The lowest BCUT2D eigenvalue weighted by Gasteiger charge is -2.20. The summed E-state index contributed by atoms with van der Waals surface area (Å²) in [5.41, 5.74) is 5.99. The highest BCUT2D eigenvalue weighted by molar-refractivity contribution is 5.92. The number of benzene rings is 2. The molecule has 2 atom stereocenters. The number of alkyl halides is 3. The molecule has 0 radical (unpaired) electrons. The molecule has 0 spiro atoms. The van der Waals surface area contributed by atoms with Crippen molar-refractivity contribution >= 4 is 22.4 Å². The normalized spacial score (nSPS) is 17.1. The summed E-state index contributed by atoms with van der Waals surface area (Å²) >= 11 is 0. The molecule has 2 aromatic carbocycles. The van der Waals surface area contributed by atoms with Gasteiger partial charge in [0.1, 0.15) is 18.2 Å². The summed E-state index contributed by atoms with van der Waals surface area (Å²) in [4.78, 5) is 8.98. The second kappa shape index (κ2) is 9.54. The molecule has 1 aliphatic rings. The van der Waals surface area contributed by atoms with Crippen LogP contribution in [0.2, 0.25) is 0 Å². The third kappa shape index (κ3) is 5.27. The number of nitrogen functional groups attached to an aromatic ring is 1. The Balaban J connectivity index is 1.67. The Hall–Kier alpha value is -3.27. The van der Waals surface area contributed by atoms with Crippen molar-refractivity contribution in [1.29, 1.82) is 0 Å². The maximum atomic E-state index is 13.3. The molecule has 3 aromatic rings. The number of ether oxygens (including phenoxy) is 3. The zero-order valence-electron chi connectivity index (χ0n) is 19.2. The minimum Gasteiger partial charge on any atom is -0.493 e. The Bertz CT molecular complexity index is 1180. The Labute approximate surface area is 195 Å². The van der Waals surface area contributed by atoms with Gasteiger partial charge in [-0.15, -0.1) is 0 Å². The van der Waals surface area contributed by atoms with Crippen LogP contribution in [0.15, 0.2) is 30.3 Å². The first-order valence-electron chi connectivity index (χ1n) is 11.0. The van der Waals surface area contributed by atoms with Crippen molar-refractivity contribution in [2.45, 2.75) is 45.0 Å². The van der Waals surface area contributed by atoms with Crippen LogP contribution in [0.4, 0.5) is 24.7 Å². The molecule has 1 fully saturated rings. The van der Waals surface area contributed by atoms with Crippen LogP contribution in [-0.4, -0.2) is 36.4 Å². The van der Waals surface area contributed by atoms with Gasteiger partial charge in [0.25, 0.3) is 0 Å². The van der Waals surface area contributed by atoms with Gasteiger partial charge in [-0.2, -0.15) is 13.2 Å². The highest BCUT2D eigenvalue weighted by Crippen LogP contribution is 2.37. The van der Waals surface area contributed by atoms with E-state index in [9.17, 15) is 13.2 Å². The van der Waals surface area contributed by atoms with Crippen molar-refractivity contribution in [2.75, 3.05) is 31.4 Å². The number of methoxy groups -OCH3 is 1. The largest absolute Gasteiger partial charge is 0.493 e. The number of halogens is 3. The fourth-order valence-electron chi connectivity index (χ4n) is 3.97. The van der Waals surface area contributed by atoms with E-state index in [0.29, 0.717) is 46.2 Å². The first-order chi connectivity index (χ1) is 16.1. The van der Waals surface area contributed by atoms with Gasteiger partial charge in [-0.1, -0.05) is 0 Å². The van der Waals surface area contributed by atoms with E-state index in [2.05, 4.69) is 15.3 Å². The fourth-order valence-corrected chi connectivity index (χ4v) is 3.97. The molecule has 3 N–H and O–H groups in total. The van der Waals surface area contributed by atoms with Crippen molar-refractivity contribution in [3.8, 4) is 11.5 Å². The number of nitrogens with two attached hydrogens (primary N) is 1. The van der Waals surface area contributed by atoms with Crippen LogP contribution in [0, 0.1) is 6.92 Å². The van der Waals surface area contributed by atoms with Gasteiger partial charge >= 0.3 is 6.18 Å². The van der Waals surface area contributed by atoms with Gasteiger partial charge < -0.3 is 25.3 Å². The lowest BCUT2D eigenvalue weighted by Crippen LogP contribution is -2.16. The molecule has 2 heterocycles. The Morgan fingerprint density at radius 1 is 1.18 bits per heavy atom. The number of nitrogens with zero attached hydrogens (tertiary/aromatic N) is 2. The topological polar surface area (TPSA) is 91.5 Å². The lowest BCUT2D eigenvalue weighted by molar-refractivity contribution is -0.137. The molecule has 4 rings (SSSR count). The van der Waals surface area contributed by atoms with Crippen LogP contribution >= 0.6 is 0 Å². The number of anilines is 2. The second-order valence-corrected chi connectivity index (χ2v) is 8.34. The minimum absolute atomic E-state index is 0.0265. The maximum absolute atomic E-state index is 13.3. The lowest BCUT2D eigenvalue weighted by atomic mass is 10.0. The van der Waals surface area contributed by atoms with E-state index < -0.39 is 17.8 Å². The summed E-state index contributed by atoms with van der Waals surface area (Å²) in [5, 5.41) is 3.87. The first kappa shape index (κ1) is 23.9. The molecule has 34 heavy (non-hydrogen) atoms. The van der Waals surface area contributed by atoms with Gasteiger partial charge in [-0.3, -0.25) is 0 Å².